The molecule has 250 valence electrons. The fourth-order valence-electron chi connectivity index (χ4n) is 8.85. The molecule has 0 fully saturated rings. The monoisotopic (exact) mass is 686 g/mol. The van der Waals surface area contributed by atoms with Gasteiger partial charge in [0.25, 0.3) is 0 Å². The van der Waals surface area contributed by atoms with Crippen molar-refractivity contribution in [1.82, 2.24) is 19.1 Å². The minimum Gasteiger partial charge on any atom is -0.309 e. The van der Waals surface area contributed by atoms with Crippen molar-refractivity contribution in [3.05, 3.63) is 182 Å². The number of aromatic nitrogens is 4. The molecular weight excluding hydrogens is 657 g/mol. The van der Waals surface area contributed by atoms with Crippen LogP contribution in [0.3, 0.4) is 0 Å². The summed E-state index contributed by atoms with van der Waals surface area (Å²) in [6, 6.07) is 65.3. The fraction of sp³-hybridized carbons (Fsp3) is 0. The maximum absolute atomic E-state index is 5.74. The van der Waals surface area contributed by atoms with E-state index in [2.05, 4.69) is 191 Å². The van der Waals surface area contributed by atoms with E-state index in [-0.39, 0.29) is 0 Å². The molecule has 4 heteroatoms. The lowest BCUT2D eigenvalue weighted by Crippen LogP contribution is -2.04. The number of hydrogen-bond acceptors (Lipinski definition) is 2. The topological polar surface area (TPSA) is 35.6 Å². The van der Waals surface area contributed by atoms with Gasteiger partial charge in [0, 0.05) is 43.6 Å². The lowest BCUT2D eigenvalue weighted by atomic mass is 9.99. The van der Waals surface area contributed by atoms with Crippen molar-refractivity contribution in [1.29, 1.82) is 0 Å². The SMILES string of the molecule is c1ccc(-n2c3ccccc3c3cc4c(cc32)c2ccccc2n4-c2nc3c4ccccc4c4ccccc4c3nc2-c2ccc3ccccc3c2)cc1. The molecule has 3 aromatic heterocycles. The van der Waals surface area contributed by atoms with Crippen molar-refractivity contribution in [2.45, 2.75) is 0 Å². The molecule has 0 spiro atoms. The molecule has 0 N–H and O–H groups in total. The molecule has 0 aliphatic rings. The standard InChI is InChI=1S/C50H30N4/c1-2-16-34(17-3-1)53-43-24-12-10-20-37(43)41-30-46-42(29-45(41)53)38-21-11-13-25-44(38)54(46)50-47(33-27-26-31-14-4-5-15-32(31)28-33)51-48-39-22-8-6-18-35(39)36-19-7-9-23-40(36)49(48)52-50/h1-30H. The van der Waals surface area contributed by atoms with Crippen LogP contribution in [-0.2, 0) is 0 Å². The molecule has 0 aliphatic heterocycles. The van der Waals surface area contributed by atoms with Gasteiger partial charge in [0.1, 0.15) is 5.69 Å². The van der Waals surface area contributed by atoms with Crippen LogP contribution in [0.5, 0.6) is 0 Å². The van der Waals surface area contributed by atoms with Crippen LogP contribution in [0.25, 0.3) is 110 Å². The smallest absolute Gasteiger partial charge is 0.165 e. The third kappa shape index (κ3) is 4.08. The molecule has 0 saturated carbocycles. The summed E-state index contributed by atoms with van der Waals surface area (Å²) < 4.78 is 4.75. The minimum absolute atomic E-state index is 0.815. The zero-order valence-corrected chi connectivity index (χ0v) is 29.1. The predicted molar refractivity (Wildman–Crippen MR) is 226 cm³/mol. The van der Waals surface area contributed by atoms with E-state index in [0.717, 1.165) is 55.6 Å². The molecule has 4 nitrogen and oxygen atoms in total. The van der Waals surface area contributed by atoms with Crippen LogP contribution in [0.1, 0.15) is 0 Å². The van der Waals surface area contributed by atoms with E-state index in [9.17, 15) is 0 Å². The van der Waals surface area contributed by atoms with Gasteiger partial charge in [0.05, 0.1) is 33.1 Å². The van der Waals surface area contributed by atoms with Gasteiger partial charge in [0.2, 0.25) is 0 Å². The van der Waals surface area contributed by atoms with E-state index in [1.54, 1.807) is 0 Å². The summed E-state index contributed by atoms with van der Waals surface area (Å²) >= 11 is 0. The average molecular weight is 687 g/mol. The Balaban J connectivity index is 1.27. The Morgan fingerprint density at radius 1 is 0.315 bits per heavy atom. The minimum atomic E-state index is 0.815. The quantitative estimate of drug-likeness (QED) is 0.173. The van der Waals surface area contributed by atoms with Crippen LogP contribution < -0.4 is 0 Å². The highest BCUT2D eigenvalue weighted by Gasteiger charge is 2.23. The maximum Gasteiger partial charge on any atom is 0.165 e. The third-order valence-corrected chi connectivity index (χ3v) is 11.2. The molecule has 0 unspecified atom stereocenters. The van der Waals surface area contributed by atoms with E-state index in [1.807, 2.05) is 0 Å². The van der Waals surface area contributed by atoms with Crippen LogP contribution >= 0.6 is 0 Å². The first-order chi connectivity index (χ1) is 26.8. The second-order valence-electron chi connectivity index (χ2n) is 14.2. The van der Waals surface area contributed by atoms with Gasteiger partial charge in [0.15, 0.2) is 5.82 Å². The van der Waals surface area contributed by atoms with Gasteiger partial charge in [-0.2, -0.15) is 0 Å². The van der Waals surface area contributed by atoms with E-state index in [1.165, 1.54) is 54.1 Å². The summed E-state index contributed by atoms with van der Waals surface area (Å²) in [6.45, 7) is 0. The summed E-state index contributed by atoms with van der Waals surface area (Å²) in [6.07, 6.45) is 0. The summed E-state index contributed by atoms with van der Waals surface area (Å²) in [5, 5.41) is 11.7. The molecule has 12 aromatic rings. The average Bonchev–Trinajstić information content (AvgIpc) is 3.74. The first-order valence-corrected chi connectivity index (χ1v) is 18.4. The molecule has 12 rings (SSSR count). The fourth-order valence-corrected chi connectivity index (χ4v) is 8.85. The van der Waals surface area contributed by atoms with E-state index in [0.29, 0.717) is 0 Å². The number of hydrogen-bond donors (Lipinski definition) is 0. The number of fused-ring (bicyclic) bond motifs is 13. The Morgan fingerprint density at radius 3 is 1.48 bits per heavy atom. The van der Waals surface area contributed by atoms with Crippen LogP contribution in [0.15, 0.2) is 182 Å². The van der Waals surface area contributed by atoms with Crippen molar-refractivity contribution >= 4 is 87.0 Å². The van der Waals surface area contributed by atoms with Gasteiger partial charge in [-0.3, -0.25) is 4.57 Å². The highest BCUT2D eigenvalue weighted by Crippen LogP contribution is 2.42. The number of benzene rings is 9. The van der Waals surface area contributed by atoms with E-state index < -0.39 is 0 Å². The Hall–Kier alpha value is -7.30. The zero-order chi connectivity index (χ0) is 35.3. The Labute approximate surface area is 309 Å². The highest BCUT2D eigenvalue weighted by molar-refractivity contribution is 6.24. The van der Waals surface area contributed by atoms with Crippen molar-refractivity contribution < 1.29 is 0 Å². The number of para-hydroxylation sites is 3. The van der Waals surface area contributed by atoms with Crippen LogP contribution in [0.4, 0.5) is 0 Å². The predicted octanol–water partition coefficient (Wildman–Crippen LogP) is 13.0. The lowest BCUT2D eigenvalue weighted by molar-refractivity contribution is 1.08. The van der Waals surface area contributed by atoms with Crippen LogP contribution in [-0.4, -0.2) is 19.1 Å². The summed E-state index contributed by atoms with van der Waals surface area (Å²) in [5.74, 6) is 0.815. The van der Waals surface area contributed by atoms with Gasteiger partial charge in [-0.25, -0.2) is 9.97 Å². The van der Waals surface area contributed by atoms with Gasteiger partial charge >= 0.3 is 0 Å². The van der Waals surface area contributed by atoms with Gasteiger partial charge < -0.3 is 4.57 Å². The Bertz CT molecular complexity index is 3500. The molecule has 0 bridgehead atoms. The molecule has 54 heavy (non-hydrogen) atoms. The second-order valence-corrected chi connectivity index (χ2v) is 14.2. The molecule has 0 atom stereocenters. The molecule has 3 heterocycles. The van der Waals surface area contributed by atoms with Gasteiger partial charge in [-0.1, -0.05) is 140 Å². The van der Waals surface area contributed by atoms with Gasteiger partial charge in [-0.05, 0) is 64.0 Å². The van der Waals surface area contributed by atoms with Crippen LogP contribution in [0.2, 0.25) is 0 Å². The molecule has 9 aromatic carbocycles. The molecule has 0 saturated heterocycles. The largest absolute Gasteiger partial charge is 0.309 e. The normalized spacial score (nSPS) is 12.1. The second kappa shape index (κ2) is 11.1. The first kappa shape index (κ1) is 29.3. The Kier molecular flexibility index (Phi) is 6.02. The van der Waals surface area contributed by atoms with Crippen LogP contribution in [0, 0.1) is 0 Å². The highest BCUT2D eigenvalue weighted by atomic mass is 15.1. The van der Waals surface area contributed by atoms with Crippen molar-refractivity contribution in [2.75, 3.05) is 0 Å². The Morgan fingerprint density at radius 2 is 0.815 bits per heavy atom. The zero-order valence-electron chi connectivity index (χ0n) is 29.1. The van der Waals surface area contributed by atoms with Crippen molar-refractivity contribution in [3.63, 3.8) is 0 Å². The lowest BCUT2D eigenvalue weighted by Gasteiger charge is -2.16. The summed E-state index contributed by atoms with van der Waals surface area (Å²) in [4.78, 5) is 11.4. The number of nitrogens with zero attached hydrogens (tertiary/aromatic N) is 4. The van der Waals surface area contributed by atoms with Crippen molar-refractivity contribution in [2.24, 2.45) is 0 Å². The molecule has 0 amide bonds. The summed E-state index contributed by atoms with van der Waals surface area (Å²) in [5.41, 5.74) is 9.38. The number of rotatable bonds is 3. The molecule has 0 radical (unpaired) electrons. The van der Waals surface area contributed by atoms with E-state index in [4.69, 9.17) is 9.97 Å². The van der Waals surface area contributed by atoms with Crippen molar-refractivity contribution in [3.8, 4) is 22.8 Å². The molecular formula is C50H30N4. The summed E-state index contributed by atoms with van der Waals surface area (Å²) in [7, 11) is 0. The van der Waals surface area contributed by atoms with E-state index >= 15 is 0 Å². The molecule has 0 aliphatic carbocycles. The van der Waals surface area contributed by atoms with Gasteiger partial charge in [-0.15, -0.1) is 0 Å². The third-order valence-electron chi connectivity index (χ3n) is 11.2. The maximum atomic E-state index is 5.74. The first-order valence-electron chi connectivity index (χ1n) is 18.4.